The van der Waals surface area contributed by atoms with Gasteiger partial charge in [-0.25, -0.2) is 0 Å². The molecule has 0 aliphatic carbocycles. The molecule has 0 aliphatic heterocycles. The zero-order valence-corrected chi connectivity index (χ0v) is 29.2. The third-order valence-electron chi connectivity index (χ3n) is 10.7. The predicted molar refractivity (Wildman–Crippen MR) is 221 cm³/mol. The van der Waals surface area contributed by atoms with Crippen LogP contribution in [0.3, 0.4) is 0 Å². The van der Waals surface area contributed by atoms with E-state index >= 15 is 0 Å². The summed E-state index contributed by atoms with van der Waals surface area (Å²) < 4.78 is 4.89. The van der Waals surface area contributed by atoms with Gasteiger partial charge in [0.15, 0.2) is 0 Å². The molecule has 0 bridgehead atoms. The van der Waals surface area contributed by atoms with Crippen LogP contribution in [0.4, 0.5) is 0 Å². The van der Waals surface area contributed by atoms with Crippen LogP contribution in [0.25, 0.3) is 88.4 Å². The maximum absolute atomic E-state index is 9.95. The second-order valence-corrected chi connectivity index (χ2v) is 13.7. The van der Waals surface area contributed by atoms with E-state index in [1.165, 1.54) is 43.8 Å². The van der Waals surface area contributed by atoms with Crippen LogP contribution in [0.1, 0.15) is 11.1 Å². The van der Waals surface area contributed by atoms with Gasteiger partial charge < -0.3 is 9.13 Å². The highest BCUT2D eigenvalue weighted by atomic mass is 15.0. The quantitative estimate of drug-likeness (QED) is 0.179. The lowest BCUT2D eigenvalue weighted by atomic mass is 9.97. The van der Waals surface area contributed by atoms with Gasteiger partial charge in [0.05, 0.1) is 45.1 Å². The molecule has 248 valence electrons. The van der Waals surface area contributed by atoms with Crippen LogP contribution < -0.4 is 0 Å². The molecule has 2 aromatic heterocycles. The molecule has 10 aromatic rings. The summed E-state index contributed by atoms with van der Waals surface area (Å²) in [6, 6.07) is 67.2. The molecule has 2 heterocycles. The minimum Gasteiger partial charge on any atom is -0.309 e. The first-order valence-corrected chi connectivity index (χ1v) is 18.0. The normalized spacial score (nSPS) is 11.5. The Morgan fingerprint density at radius 1 is 0.396 bits per heavy atom. The lowest BCUT2D eigenvalue weighted by molar-refractivity contribution is 1.10. The minimum absolute atomic E-state index is 0.639. The molecule has 0 aliphatic rings. The molecular weight excluding hydrogens is 643 g/mol. The Bertz CT molecular complexity index is 3070. The van der Waals surface area contributed by atoms with Crippen LogP contribution in [-0.2, 0) is 0 Å². The Hall–Kier alpha value is -7.15. The molecule has 53 heavy (non-hydrogen) atoms. The van der Waals surface area contributed by atoms with Crippen molar-refractivity contribution in [2.45, 2.75) is 6.92 Å². The van der Waals surface area contributed by atoms with Gasteiger partial charge in [0.25, 0.3) is 0 Å². The maximum Gasteiger partial charge on any atom is 0.0991 e. The van der Waals surface area contributed by atoms with Crippen LogP contribution in [-0.4, -0.2) is 9.13 Å². The molecule has 8 aromatic carbocycles. The van der Waals surface area contributed by atoms with E-state index in [1.807, 2.05) is 18.2 Å². The van der Waals surface area contributed by atoms with Gasteiger partial charge in [-0.1, -0.05) is 140 Å². The molecule has 0 saturated carbocycles. The second-order valence-electron chi connectivity index (χ2n) is 13.7. The van der Waals surface area contributed by atoms with Crippen molar-refractivity contribution >= 4 is 43.6 Å². The van der Waals surface area contributed by atoms with E-state index in [1.54, 1.807) is 0 Å². The summed E-state index contributed by atoms with van der Waals surface area (Å²) in [7, 11) is 0. The van der Waals surface area contributed by atoms with Gasteiger partial charge in [-0.15, -0.1) is 0 Å². The van der Waals surface area contributed by atoms with E-state index < -0.39 is 0 Å². The third kappa shape index (κ3) is 4.88. The first-order valence-electron chi connectivity index (χ1n) is 18.0. The maximum atomic E-state index is 9.95. The van der Waals surface area contributed by atoms with E-state index in [9.17, 15) is 5.26 Å². The van der Waals surface area contributed by atoms with E-state index in [0.717, 1.165) is 50.1 Å². The first-order chi connectivity index (χ1) is 26.2. The molecule has 0 saturated heterocycles. The van der Waals surface area contributed by atoms with Crippen molar-refractivity contribution in [2.75, 3.05) is 0 Å². The average Bonchev–Trinajstić information content (AvgIpc) is 3.73. The van der Waals surface area contributed by atoms with Gasteiger partial charge in [0.1, 0.15) is 0 Å². The summed E-state index contributed by atoms with van der Waals surface area (Å²) in [5, 5.41) is 14.8. The molecule has 0 fully saturated rings. The topological polar surface area (TPSA) is 33.6 Å². The number of fused-ring (bicyclic) bond motifs is 6. The SMILES string of the molecule is Cc1c(-n2c3ccccc3c3ccc(-c4ccccc4)cc32)ccc(-c2cccc(C#N)c2)c1-n1c2ccccc2c2ccc(-c3ccccc3)cc21. The molecule has 0 N–H and O–H groups in total. The van der Waals surface area contributed by atoms with Crippen LogP contribution in [0.5, 0.6) is 0 Å². The molecule has 3 heteroatoms. The summed E-state index contributed by atoms with van der Waals surface area (Å²) in [5.74, 6) is 0. The number of para-hydroxylation sites is 2. The standard InChI is InChI=1S/C50H33N3/c1-33-45(52-46-21-10-8-19-41(46)43-25-23-37(30-48(43)52)35-14-4-2-5-15-35)28-27-40(39-18-12-13-34(29-39)32-51)50(33)53-47-22-11-9-20-42(47)44-26-24-38(31-49(44)53)36-16-6-3-7-17-36/h2-31H,1H3. The van der Waals surface area contributed by atoms with Crippen molar-refractivity contribution < 1.29 is 0 Å². The van der Waals surface area contributed by atoms with E-state index in [4.69, 9.17) is 0 Å². The van der Waals surface area contributed by atoms with E-state index in [0.29, 0.717) is 5.56 Å². The molecule has 3 nitrogen and oxygen atoms in total. The smallest absolute Gasteiger partial charge is 0.0991 e. The predicted octanol–water partition coefficient (Wildman–Crippen LogP) is 13.1. The molecule has 10 rings (SSSR count). The van der Waals surface area contributed by atoms with Crippen molar-refractivity contribution in [3.63, 3.8) is 0 Å². The highest BCUT2D eigenvalue weighted by Crippen LogP contribution is 2.43. The van der Waals surface area contributed by atoms with Crippen molar-refractivity contribution in [3.05, 3.63) is 193 Å². The second kappa shape index (κ2) is 12.3. The molecule has 0 radical (unpaired) electrons. The summed E-state index contributed by atoms with van der Waals surface area (Å²) in [6.45, 7) is 2.26. The van der Waals surface area contributed by atoms with Gasteiger partial charge in [0.2, 0.25) is 0 Å². The van der Waals surface area contributed by atoms with Crippen LogP contribution in [0.2, 0.25) is 0 Å². The number of benzene rings is 8. The Kier molecular flexibility index (Phi) is 7.09. The lowest BCUT2D eigenvalue weighted by Gasteiger charge is -2.21. The van der Waals surface area contributed by atoms with Crippen molar-refractivity contribution in [2.24, 2.45) is 0 Å². The number of aromatic nitrogens is 2. The highest BCUT2D eigenvalue weighted by molar-refractivity contribution is 6.12. The third-order valence-corrected chi connectivity index (χ3v) is 10.7. The zero-order chi connectivity index (χ0) is 35.5. The van der Waals surface area contributed by atoms with Gasteiger partial charge in [-0.2, -0.15) is 5.26 Å². The minimum atomic E-state index is 0.639. The Labute approximate surface area is 307 Å². The van der Waals surface area contributed by atoms with Crippen LogP contribution in [0.15, 0.2) is 182 Å². The van der Waals surface area contributed by atoms with Crippen molar-refractivity contribution in [1.29, 1.82) is 5.26 Å². The fraction of sp³-hybridized carbons (Fsp3) is 0.0200. The van der Waals surface area contributed by atoms with Gasteiger partial charge >= 0.3 is 0 Å². The molecule has 0 spiro atoms. The molecule has 0 unspecified atom stereocenters. The number of nitrogens with zero attached hydrogens (tertiary/aromatic N) is 3. The summed E-state index contributed by atoms with van der Waals surface area (Å²) in [4.78, 5) is 0. The fourth-order valence-electron chi connectivity index (χ4n) is 8.27. The number of hydrogen-bond acceptors (Lipinski definition) is 1. The van der Waals surface area contributed by atoms with Crippen LogP contribution >= 0.6 is 0 Å². The molecule has 0 amide bonds. The Morgan fingerprint density at radius 2 is 0.906 bits per heavy atom. The summed E-state index contributed by atoms with van der Waals surface area (Å²) in [5.41, 5.74) is 15.4. The van der Waals surface area contributed by atoms with Crippen molar-refractivity contribution in [1.82, 2.24) is 9.13 Å². The highest BCUT2D eigenvalue weighted by Gasteiger charge is 2.23. The zero-order valence-electron chi connectivity index (χ0n) is 29.2. The monoisotopic (exact) mass is 675 g/mol. The number of rotatable bonds is 5. The Morgan fingerprint density at radius 3 is 1.51 bits per heavy atom. The molecule has 0 atom stereocenters. The summed E-state index contributed by atoms with van der Waals surface area (Å²) >= 11 is 0. The summed E-state index contributed by atoms with van der Waals surface area (Å²) in [6.07, 6.45) is 0. The number of hydrogen-bond donors (Lipinski definition) is 0. The Balaban J connectivity index is 1.33. The fourth-order valence-corrected chi connectivity index (χ4v) is 8.27. The van der Waals surface area contributed by atoms with Crippen LogP contribution in [0, 0.1) is 18.3 Å². The average molecular weight is 676 g/mol. The number of nitriles is 1. The van der Waals surface area contributed by atoms with Gasteiger partial charge in [-0.3, -0.25) is 0 Å². The van der Waals surface area contributed by atoms with E-state index in [-0.39, 0.29) is 0 Å². The first kappa shape index (κ1) is 30.7. The van der Waals surface area contributed by atoms with Crippen molar-refractivity contribution in [3.8, 4) is 50.8 Å². The van der Waals surface area contributed by atoms with E-state index in [2.05, 4.69) is 186 Å². The largest absolute Gasteiger partial charge is 0.309 e. The van der Waals surface area contributed by atoms with Gasteiger partial charge in [0, 0.05) is 27.1 Å². The lowest BCUT2D eigenvalue weighted by Crippen LogP contribution is -2.06. The molecular formula is C50H33N3. The van der Waals surface area contributed by atoms with Gasteiger partial charge in [-0.05, 0) is 82.8 Å².